The number of hydrogen-bond donors (Lipinski definition) is 0. The molecule has 0 fully saturated rings. The van der Waals surface area contributed by atoms with E-state index in [1.807, 2.05) is 97.1 Å². The molecule has 12 aromatic carbocycles. The van der Waals surface area contributed by atoms with Gasteiger partial charge in [-0.25, -0.2) is 0 Å². The maximum atomic E-state index is 7.43. The molecule has 2 aliphatic heterocycles. The summed E-state index contributed by atoms with van der Waals surface area (Å²) in [6.07, 6.45) is 0. The van der Waals surface area contributed by atoms with Gasteiger partial charge >= 0.3 is 11.7 Å². The average molecular weight is 1130 g/mol. The molecule has 0 saturated heterocycles. The van der Waals surface area contributed by atoms with Crippen LogP contribution in [0, 0.1) is 0 Å². The van der Waals surface area contributed by atoms with Gasteiger partial charge in [-0.3, -0.25) is 8.80 Å². The summed E-state index contributed by atoms with van der Waals surface area (Å²) in [5.74, 6) is 1.18. The minimum absolute atomic E-state index is 0.0477. The number of imidazole rings is 2. The van der Waals surface area contributed by atoms with Crippen molar-refractivity contribution in [3.8, 4) is 0 Å². The second kappa shape index (κ2) is 20.0. The van der Waals surface area contributed by atoms with E-state index in [1.54, 1.807) is 0 Å². The van der Waals surface area contributed by atoms with Crippen molar-refractivity contribution in [3.63, 3.8) is 0 Å². The van der Waals surface area contributed by atoms with Gasteiger partial charge in [0.2, 0.25) is 0 Å². The summed E-state index contributed by atoms with van der Waals surface area (Å²) < 4.78 is 16.5. The zero-order chi connectivity index (χ0) is 56.8. The molecule has 0 atom stereocenters. The molecule has 0 saturated carbocycles. The van der Waals surface area contributed by atoms with E-state index >= 15 is 0 Å². The number of hydrogen-bond acceptors (Lipinski definition) is 8. The third kappa shape index (κ3) is 7.82. The molecule has 6 heterocycles. The van der Waals surface area contributed by atoms with Gasteiger partial charge in [0.25, 0.3) is 6.71 Å². The van der Waals surface area contributed by atoms with Crippen LogP contribution < -0.4 is 36.0 Å². The van der Waals surface area contributed by atoms with Gasteiger partial charge in [0, 0.05) is 56.9 Å². The first-order valence-corrected chi connectivity index (χ1v) is 29.1. The van der Waals surface area contributed by atoms with Crippen LogP contribution in [0.2, 0.25) is 5.02 Å². The highest BCUT2D eigenvalue weighted by atomic mass is 35.5. The van der Waals surface area contributed by atoms with Crippen molar-refractivity contribution >= 4 is 159 Å². The Morgan fingerprint density at radius 2 is 0.779 bits per heavy atom. The standard InChI is InChI=1S/C37H23BN4O.C37H25ClN4O/c1-3-12-24(13-4-1)40-29-17-8-7-16-26(29)38-27-22-28-34(42-30-18-9-10-21-35(30)43-37(42)39-28)23-33(27)41(25-14-5-2-6-15-25)32-20-11-19-31(40)36(32)38;38-36-32(40(26-13-4-1-5-14-26)27-15-6-2-7-16-27)20-12-21-33(36)41(28-17-8-3-9-18-28)29-23-24-30-34(25-29)42-31-19-10-11-22-35(31)43-37(42)39-30/h1-23H;1-25H. The van der Waals surface area contributed by atoms with Gasteiger partial charge < -0.3 is 28.4 Å². The largest absolute Gasteiger partial charge is 0.423 e. The fourth-order valence-electron chi connectivity index (χ4n) is 13.0. The second-order valence-electron chi connectivity index (χ2n) is 21.5. The van der Waals surface area contributed by atoms with Crippen molar-refractivity contribution < 1.29 is 8.83 Å². The lowest BCUT2D eigenvalue weighted by Crippen LogP contribution is -2.61. The van der Waals surface area contributed by atoms with E-state index in [0.717, 1.165) is 95.5 Å². The highest BCUT2D eigenvalue weighted by molar-refractivity contribution is 7.00. The molecule has 18 rings (SSSR count). The minimum Gasteiger partial charge on any atom is -0.423 e. The van der Waals surface area contributed by atoms with Gasteiger partial charge in [-0.2, -0.15) is 9.97 Å². The fraction of sp³-hybridized carbons (Fsp3) is 0. The summed E-state index contributed by atoms with van der Waals surface area (Å²) in [4.78, 5) is 19.0. The summed E-state index contributed by atoms with van der Waals surface area (Å²) in [6.45, 7) is 0.0477. The maximum Gasteiger partial charge on any atom is 0.307 e. The molecule has 86 heavy (non-hydrogen) atoms. The molecule has 2 aliphatic rings. The quantitative estimate of drug-likeness (QED) is 0.139. The number of halogens is 1. The lowest BCUT2D eigenvalue weighted by Gasteiger charge is -2.44. The summed E-state index contributed by atoms with van der Waals surface area (Å²) >= 11 is 7.43. The van der Waals surface area contributed by atoms with Crippen molar-refractivity contribution in [3.05, 3.63) is 296 Å². The van der Waals surface area contributed by atoms with Gasteiger partial charge in [0.1, 0.15) is 0 Å². The number of fused-ring (bicyclic) bond motifs is 14. The lowest BCUT2D eigenvalue weighted by atomic mass is 9.33. The van der Waals surface area contributed by atoms with Crippen LogP contribution in [-0.4, -0.2) is 25.5 Å². The maximum absolute atomic E-state index is 7.43. The van der Waals surface area contributed by atoms with Crippen LogP contribution in [0.5, 0.6) is 0 Å². The molecule has 4 aromatic heterocycles. The van der Waals surface area contributed by atoms with Crippen LogP contribution in [0.15, 0.2) is 300 Å². The molecule has 0 spiro atoms. The highest BCUT2D eigenvalue weighted by Gasteiger charge is 2.43. The molecule has 10 nitrogen and oxygen atoms in total. The zero-order valence-corrected chi connectivity index (χ0v) is 46.8. The van der Waals surface area contributed by atoms with Gasteiger partial charge in [-0.1, -0.05) is 157 Å². The van der Waals surface area contributed by atoms with Crippen LogP contribution in [0.1, 0.15) is 0 Å². The van der Waals surface area contributed by atoms with E-state index in [9.17, 15) is 0 Å². The Morgan fingerprint density at radius 3 is 1.35 bits per heavy atom. The number of benzene rings is 12. The normalized spacial score (nSPS) is 12.4. The van der Waals surface area contributed by atoms with E-state index in [-0.39, 0.29) is 6.71 Å². The Hall–Kier alpha value is -11.3. The van der Waals surface area contributed by atoms with Crippen molar-refractivity contribution in [2.75, 3.05) is 19.6 Å². The number of anilines is 12. The van der Waals surface area contributed by atoms with E-state index < -0.39 is 0 Å². The lowest BCUT2D eigenvalue weighted by molar-refractivity contribution is 0.642. The van der Waals surface area contributed by atoms with Crippen molar-refractivity contribution in [1.82, 2.24) is 18.8 Å². The van der Waals surface area contributed by atoms with Crippen molar-refractivity contribution in [2.45, 2.75) is 0 Å². The van der Waals surface area contributed by atoms with Crippen LogP contribution in [-0.2, 0) is 0 Å². The molecule has 12 heteroatoms. The van der Waals surface area contributed by atoms with E-state index in [0.29, 0.717) is 16.7 Å². The van der Waals surface area contributed by atoms with E-state index in [2.05, 4.69) is 223 Å². The predicted octanol–water partition coefficient (Wildman–Crippen LogP) is 18.1. The minimum atomic E-state index is 0.0477. The summed E-state index contributed by atoms with van der Waals surface area (Å²) in [7, 11) is 0. The number of nitrogens with zero attached hydrogens (tertiary/aromatic N) is 8. The first-order chi connectivity index (χ1) is 42.6. The second-order valence-corrected chi connectivity index (χ2v) is 21.9. The van der Waals surface area contributed by atoms with Crippen molar-refractivity contribution in [2.24, 2.45) is 0 Å². The van der Waals surface area contributed by atoms with Gasteiger partial charge in [0.15, 0.2) is 11.2 Å². The smallest absolute Gasteiger partial charge is 0.307 e. The summed E-state index contributed by atoms with van der Waals surface area (Å²) in [6, 6.07) is 101. The first kappa shape index (κ1) is 49.4. The molecule has 0 radical (unpaired) electrons. The van der Waals surface area contributed by atoms with Gasteiger partial charge in [0.05, 0.1) is 49.5 Å². The number of rotatable bonds is 8. The zero-order valence-electron chi connectivity index (χ0n) is 46.1. The Balaban J connectivity index is 0.000000134. The van der Waals surface area contributed by atoms with Gasteiger partial charge in [-0.15, -0.1) is 0 Å². The SMILES string of the molecule is Clc1c(N(c2ccccc2)c2ccccc2)cccc1N(c1ccccc1)c1ccc2nc3oc4ccccc4n3c2c1.c1ccc(N2c3ccccc3B3c4cc5nc6oc7ccccc7n6c5cc4N(c4ccccc4)c4cccc2c43)cc1. The summed E-state index contributed by atoms with van der Waals surface area (Å²) in [5.41, 5.74) is 24.0. The predicted molar refractivity (Wildman–Crippen MR) is 353 cm³/mol. The third-order valence-corrected chi connectivity index (χ3v) is 17.0. The molecule has 0 unspecified atom stereocenters. The molecular weight excluding hydrogens is 1080 g/mol. The van der Waals surface area contributed by atoms with Crippen LogP contribution in [0.3, 0.4) is 0 Å². The molecule has 0 bridgehead atoms. The van der Waals surface area contributed by atoms with Gasteiger partial charge in [-0.05, 0) is 162 Å². The molecule has 0 N–H and O–H groups in total. The van der Waals surface area contributed by atoms with E-state index in [4.69, 9.17) is 30.4 Å². The van der Waals surface area contributed by atoms with E-state index in [1.165, 1.54) is 33.5 Å². The monoisotopic (exact) mass is 1130 g/mol. The molecule has 16 aromatic rings. The summed E-state index contributed by atoms with van der Waals surface area (Å²) in [5, 5.41) is 0.631. The highest BCUT2D eigenvalue weighted by Crippen LogP contribution is 2.48. The Morgan fingerprint density at radius 1 is 0.337 bits per heavy atom. The van der Waals surface area contributed by atoms with Crippen LogP contribution in [0.4, 0.5) is 68.2 Å². The molecule has 406 valence electrons. The Kier molecular flexibility index (Phi) is 11.5. The molecular formula is C74H48BClN8O2. The number of para-hydroxylation sites is 10. The third-order valence-electron chi connectivity index (χ3n) is 16.6. The first-order valence-electron chi connectivity index (χ1n) is 28.7. The number of aromatic nitrogens is 4. The fourth-order valence-corrected chi connectivity index (χ4v) is 13.3. The molecule has 0 amide bonds. The Bertz CT molecular complexity index is 5210. The Labute approximate surface area is 499 Å². The average Bonchev–Trinajstić information content (AvgIpc) is 0.986. The topological polar surface area (TPSA) is 73.8 Å². The van der Waals surface area contributed by atoms with Crippen LogP contribution in [0.25, 0.3) is 56.0 Å². The van der Waals surface area contributed by atoms with Crippen LogP contribution >= 0.6 is 11.6 Å². The number of oxazole rings is 2. The van der Waals surface area contributed by atoms with Crippen molar-refractivity contribution in [1.29, 1.82) is 0 Å². The molecule has 0 aliphatic carbocycles.